The molecule has 2 aliphatic carbocycles. The van der Waals surface area contributed by atoms with Crippen molar-refractivity contribution in [2.45, 2.75) is 45.2 Å². The molecular formula is C16H23N3S. The van der Waals surface area contributed by atoms with Crippen LogP contribution in [-0.4, -0.2) is 27.6 Å². The second-order valence-corrected chi connectivity index (χ2v) is 6.49. The number of hydrogen-bond donors (Lipinski definition) is 1. The summed E-state index contributed by atoms with van der Waals surface area (Å²) in [6.45, 7) is 3.97. The van der Waals surface area contributed by atoms with E-state index < -0.39 is 0 Å². The first-order chi connectivity index (χ1) is 9.76. The summed E-state index contributed by atoms with van der Waals surface area (Å²) < 4.78 is 0. The molecule has 0 saturated heterocycles. The van der Waals surface area contributed by atoms with Gasteiger partial charge in [0.2, 0.25) is 0 Å². The lowest BCUT2D eigenvalue weighted by Gasteiger charge is -2.30. The van der Waals surface area contributed by atoms with Crippen molar-refractivity contribution >= 4 is 17.3 Å². The minimum atomic E-state index is 0.618. The van der Waals surface area contributed by atoms with Crippen LogP contribution in [0.3, 0.4) is 0 Å². The molecule has 4 heteroatoms. The van der Waals surface area contributed by atoms with Crippen LogP contribution in [-0.2, 0) is 6.54 Å². The van der Waals surface area contributed by atoms with Crippen LogP contribution in [0.4, 0.5) is 0 Å². The Bertz CT molecular complexity index is 462. The third-order valence-corrected chi connectivity index (χ3v) is 5.21. The molecule has 20 heavy (non-hydrogen) atoms. The van der Waals surface area contributed by atoms with Crippen molar-refractivity contribution in [1.82, 2.24) is 15.2 Å². The standard InChI is InChI=1S/C16H23N3S/c1-2-19(11-12-5-7-17-8-6-12)16(20)18-15-10-13-3-4-14(15)9-13/h5-8,13-15H,2-4,9-11H2,1H3,(H,18,20)/t13-,14-,15+/m0/s1. The Morgan fingerprint density at radius 1 is 1.35 bits per heavy atom. The predicted octanol–water partition coefficient (Wildman–Crippen LogP) is 2.97. The molecule has 1 N–H and O–H groups in total. The minimum absolute atomic E-state index is 0.618. The number of hydrogen-bond acceptors (Lipinski definition) is 2. The van der Waals surface area contributed by atoms with Gasteiger partial charge in [0.05, 0.1) is 0 Å². The summed E-state index contributed by atoms with van der Waals surface area (Å²) in [5.41, 5.74) is 1.26. The maximum absolute atomic E-state index is 5.63. The van der Waals surface area contributed by atoms with E-state index in [9.17, 15) is 0 Å². The van der Waals surface area contributed by atoms with E-state index >= 15 is 0 Å². The molecule has 2 aliphatic rings. The summed E-state index contributed by atoms with van der Waals surface area (Å²) in [5, 5.41) is 4.54. The normalized spacial score (nSPS) is 27.6. The number of thiocarbonyl (C=S) groups is 1. The summed E-state index contributed by atoms with van der Waals surface area (Å²) in [5.74, 6) is 1.81. The highest BCUT2D eigenvalue weighted by Gasteiger charge is 2.39. The molecule has 0 aromatic carbocycles. The average molecular weight is 289 g/mol. The van der Waals surface area contributed by atoms with Crippen molar-refractivity contribution in [3.63, 3.8) is 0 Å². The van der Waals surface area contributed by atoms with Gasteiger partial charge in [-0.3, -0.25) is 4.98 Å². The molecule has 2 bridgehead atoms. The van der Waals surface area contributed by atoms with Gasteiger partial charge >= 0.3 is 0 Å². The van der Waals surface area contributed by atoms with Crippen LogP contribution in [0.15, 0.2) is 24.5 Å². The summed E-state index contributed by atoms with van der Waals surface area (Å²) in [6, 6.07) is 4.73. The molecule has 2 saturated carbocycles. The highest BCUT2D eigenvalue weighted by atomic mass is 32.1. The molecule has 0 spiro atoms. The van der Waals surface area contributed by atoms with Crippen molar-refractivity contribution in [1.29, 1.82) is 0 Å². The molecule has 0 aliphatic heterocycles. The maximum Gasteiger partial charge on any atom is 0.169 e. The van der Waals surface area contributed by atoms with Crippen LogP contribution in [0.2, 0.25) is 0 Å². The molecule has 108 valence electrons. The van der Waals surface area contributed by atoms with Crippen LogP contribution in [0, 0.1) is 11.8 Å². The zero-order valence-electron chi connectivity index (χ0n) is 12.1. The molecule has 0 amide bonds. The molecule has 1 heterocycles. The monoisotopic (exact) mass is 289 g/mol. The Balaban J connectivity index is 1.57. The molecule has 3 nitrogen and oxygen atoms in total. The summed E-state index contributed by atoms with van der Waals surface area (Å²) in [4.78, 5) is 6.31. The number of rotatable bonds is 4. The second-order valence-electron chi connectivity index (χ2n) is 6.10. The zero-order chi connectivity index (χ0) is 13.9. The fourth-order valence-corrected chi connectivity index (χ4v) is 4.05. The van der Waals surface area contributed by atoms with Gasteiger partial charge in [0.15, 0.2) is 5.11 Å². The van der Waals surface area contributed by atoms with Crippen LogP contribution in [0.25, 0.3) is 0 Å². The van der Waals surface area contributed by atoms with Crippen molar-refractivity contribution in [3.05, 3.63) is 30.1 Å². The van der Waals surface area contributed by atoms with E-state index in [1.54, 1.807) is 0 Å². The van der Waals surface area contributed by atoms with Gasteiger partial charge in [-0.15, -0.1) is 0 Å². The minimum Gasteiger partial charge on any atom is -0.360 e. The Kier molecular flexibility index (Phi) is 4.20. The number of nitrogens with zero attached hydrogens (tertiary/aromatic N) is 2. The van der Waals surface area contributed by atoms with Gasteiger partial charge in [0, 0.05) is 31.5 Å². The third kappa shape index (κ3) is 2.95. The summed E-state index contributed by atoms with van der Waals surface area (Å²) >= 11 is 5.63. The second kappa shape index (κ2) is 6.08. The first kappa shape index (κ1) is 13.8. The van der Waals surface area contributed by atoms with Crippen LogP contribution >= 0.6 is 12.2 Å². The Morgan fingerprint density at radius 3 is 2.75 bits per heavy atom. The molecule has 3 rings (SSSR count). The first-order valence-electron chi connectivity index (χ1n) is 7.70. The van der Waals surface area contributed by atoms with Crippen molar-refractivity contribution in [2.75, 3.05) is 6.54 Å². The number of pyridine rings is 1. The first-order valence-corrected chi connectivity index (χ1v) is 8.11. The van der Waals surface area contributed by atoms with E-state index in [-0.39, 0.29) is 0 Å². The van der Waals surface area contributed by atoms with Gasteiger partial charge in [0.25, 0.3) is 0 Å². The number of aromatic nitrogens is 1. The fourth-order valence-electron chi connectivity index (χ4n) is 3.71. The number of nitrogens with one attached hydrogen (secondary N) is 1. The molecular weight excluding hydrogens is 266 g/mol. The van der Waals surface area contributed by atoms with Gasteiger partial charge in [0.1, 0.15) is 0 Å². The van der Waals surface area contributed by atoms with E-state index in [1.807, 2.05) is 12.4 Å². The van der Waals surface area contributed by atoms with Gasteiger partial charge in [-0.05, 0) is 67.9 Å². The zero-order valence-corrected chi connectivity index (χ0v) is 12.9. The smallest absolute Gasteiger partial charge is 0.169 e. The van der Waals surface area contributed by atoms with Gasteiger partial charge in [-0.2, -0.15) is 0 Å². The SMILES string of the molecule is CCN(Cc1ccncc1)C(=S)N[C@@H]1C[C@H]2CC[C@H]1C2. The Hall–Kier alpha value is -1.16. The lowest BCUT2D eigenvalue weighted by molar-refractivity contribution is 0.361. The molecule has 2 fully saturated rings. The summed E-state index contributed by atoms with van der Waals surface area (Å²) in [6.07, 6.45) is 9.24. The lowest BCUT2D eigenvalue weighted by atomic mass is 9.95. The average Bonchev–Trinajstić information content (AvgIpc) is 3.08. The van der Waals surface area contributed by atoms with E-state index in [4.69, 9.17) is 12.2 Å². The van der Waals surface area contributed by atoms with Crippen molar-refractivity contribution in [2.24, 2.45) is 11.8 Å². The highest BCUT2D eigenvalue weighted by molar-refractivity contribution is 7.80. The largest absolute Gasteiger partial charge is 0.360 e. The molecule has 1 aromatic heterocycles. The molecule has 1 aromatic rings. The topological polar surface area (TPSA) is 28.2 Å². The van der Waals surface area contributed by atoms with E-state index in [1.165, 1.54) is 31.2 Å². The van der Waals surface area contributed by atoms with Crippen LogP contribution < -0.4 is 5.32 Å². The van der Waals surface area contributed by atoms with E-state index in [2.05, 4.69) is 34.3 Å². The van der Waals surface area contributed by atoms with Gasteiger partial charge in [-0.25, -0.2) is 0 Å². The van der Waals surface area contributed by atoms with Crippen LogP contribution in [0.1, 0.15) is 38.2 Å². The van der Waals surface area contributed by atoms with E-state index in [0.29, 0.717) is 6.04 Å². The van der Waals surface area contributed by atoms with E-state index in [0.717, 1.165) is 30.0 Å². The maximum atomic E-state index is 5.63. The molecule has 0 unspecified atom stereocenters. The Morgan fingerprint density at radius 2 is 2.15 bits per heavy atom. The van der Waals surface area contributed by atoms with Crippen molar-refractivity contribution in [3.8, 4) is 0 Å². The number of fused-ring (bicyclic) bond motifs is 2. The Labute approximate surface area is 126 Å². The molecule has 0 radical (unpaired) electrons. The van der Waals surface area contributed by atoms with Gasteiger partial charge in [-0.1, -0.05) is 6.42 Å². The van der Waals surface area contributed by atoms with Crippen LogP contribution in [0.5, 0.6) is 0 Å². The third-order valence-electron chi connectivity index (χ3n) is 4.84. The van der Waals surface area contributed by atoms with Gasteiger partial charge < -0.3 is 10.2 Å². The quantitative estimate of drug-likeness (QED) is 0.863. The lowest BCUT2D eigenvalue weighted by Crippen LogP contribution is -2.46. The predicted molar refractivity (Wildman–Crippen MR) is 85.3 cm³/mol. The fraction of sp³-hybridized carbons (Fsp3) is 0.625. The van der Waals surface area contributed by atoms with Crippen molar-refractivity contribution < 1.29 is 0 Å². The highest BCUT2D eigenvalue weighted by Crippen LogP contribution is 2.44. The molecule has 3 atom stereocenters. The summed E-state index contributed by atoms with van der Waals surface area (Å²) in [7, 11) is 0.